The lowest BCUT2D eigenvalue weighted by Gasteiger charge is -2.05. The first-order chi connectivity index (χ1) is 15.5. The largest absolute Gasteiger partial charge is 0.346 e. The van der Waals surface area contributed by atoms with E-state index in [1.807, 2.05) is 37.3 Å². The molecule has 0 aliphatic heterocycles. The molecule has 1 amide bonds. The summed E-state index contributed by atoms with van der Waals surface area (Å²) in [6, 6.07) is 14.3. The highest BCUT2D eigenvalue weighted by atomic mass is 32.2. The molecule has 0 saturated carbocycles. The first-order valence-electron chi connectivity index (χ1n) is 9.93. The molecule has 0 aliphatic carbocycles. The molecule has 0 bridgehead atoms. The van der Waals surface area contributed by atoms with Crippen molar-refractivity contribution in [1.82, 2.24) is 25.7 Å². The van der Waals surface area contributed by atoms with E-state index in [0.29, 0.717) is 17.3 Å². The number of hydrogen-bond donors (Lipinski definition) is 2. The number of nitrogens with one attached hydrogen (secondary N) is 2. The lowest BCUT2D eigenvalue weighted by atomic mass is 10.1. The fourth-order valence-corrected chi connectivity index (χ4v) is 5.27. The molecule has 0 spiro atoms. The third-order valence-corrected chi connectivity index (χ3v) is 7.81. The molecule has 10 heteroatoms. The van der Waals surface area contributed by atoms with E-state index in [4.69, 9.17) is 0 Å². The van der Waals surface area contributed by atoms with Crippen molar-refractivity contribution in [2.24, 2.45) is 0 Å². The molecule has 0 fully saturated rings. The van der Waals surface area contributed by atoms with Gasteiger partial charge in [-0.05, 0) is 49.6 Å². The van der Waals surface area contributed by atoms with Gasteiger partial charge in [-0.3, -0.25) is 4.79 Å². The predicted octanol–water partition coefficient (Wildman–Crippen LogP) is 5.28. The van der Waals surface area contributed by atoms with Crippen molar-refractivity contribution in [3.63, 3.8) is 0 Å². The molecule has 0 unspecified atom stereocenters. The van der Waals surface area contributed by atoms with E-state index in [-0.39, 0.29) is 5.91 Å². The fourth-order valence-electron chi connectivity index (χ4n) is 2.75. The molecule has 7 nitrogen and oxygen atoms in total. The number of hydrogen-bond acceptors (Lipinski definition) is 9. The van der Waals surface area contributed by atoms with Crippen LogP contribution in [0.3, 0.4) is 0 Å². The van der Waals surface area contributed by atoms with Gasteiger partial charge in [0.25, 0.3) is 5.91 Å². The van der Waals surface area contributed by atoms with Gasteiger partial charge in [-0.2, -0.15) is 0 Å². The highest BCUT2D eigenvalue weighted by molar-refractivity contribution is 8.00. The van der Waals surface area contributed by atoms with Crippen molar-refractivity contribution in [1.29, 1.82) is 0 Å². The number of aromatic nitrogens is 4. The summed E-state index contributed by atoms with van der Waals surface area (Å²) in [6.45, 7) is 6.67. The third kappa shape index (κ3) is 5.90. The average molecular weight is 483 g/mol. The van der Waals surface area contributed by atoms with Gasteiger partial charge in [0.2, 0.25) is 10.1 Å². The molecule has 2 aromatic heterocycles. The maximum Gasteiger partial charge on any atom is 0.282 e. The number of carbonyl (C=O) groups excluding carboxylic acids is 1. The number of benzene rings is 2. The molecular formula is C22H22N6OS3. The second-order valence-electron chi connectivity index (χ2n) is 7.26. The number of aryl methyl sites for hydroxylation is 3. The van der Waals surface area contributed by atoms with Gasteiger partial charge in [0, 0.05) is 12.2 Å². The van der Waals surface area contributed by atoms with Crippen molar-refractivity contribution in [3.8, 4) is 0 Å². The van der Waals surface area contributed by atoms with Crippen LogP contribution in [0.25, 0.3) is 0 Å². The average Bonchev–Trinajstić information content (AvgIpc) is 3.44. The zero-order valence-electron chi connectivity index (χ0n) is 17.9. The van der Waals surface area contributed by atoms with E-state index in [9.17, 15) is 4.79 Å². The van der Waals surface area contributed by atoms with Crippen molar-refractivity contribution >= 4 is 51.2 Å². The number of thioether (sulfide) groups is 1. The van der Waals surface area contributed by atoms with Crippen molar-refractivity contribution in [2.45, 2.75) is 37.4 Å². The third-order valence-electron chi connectivity index (χ3n) is 4.72. The minimum Gasteiger partial charge on any atom is -0.346 e. The van der Waals surface area contributed by atoms with E-state index >= 15 is 0 Å². The second kappa shape index (κ2) is 10.2. The van der Waals surface area contributed by atoms with E-state index in [0.717, 1.165) is 25.7 Å². The van der Waals surface area contributed by atoms with Crippen LogP contribution in [0.5, 0.6) is 0 Å². The fraction of sp³-hybridized carbons (Fsp3) is 0.227. The quantitative estimate of drug-likeness (QED) is 0.330. The van der Waals surface area contributed by atoms with Gasteiger partial charge in [-0.1, -0.05) is 70.3 Å². The Balaban J connectivity index is 1.28. The van der Waals surface area contributed by atoms with Crippen LogP contribution in [0.2, 0.25) is 0 Å². The minimum absolute atomic E-state index is 0.213. The number of carbonyl (C=O) groups is 1. The van der Waals surface area contributed by atoms with E-state index in [2.05, 4.69) is 57.0 Å². The second-order valence-corrected chi connectivity index (χ2v) is 10.5. The number of anilines is 2. The maximum absolute atomic E-state index is 12.4. The van der Waals surface area contributed by atoms with E-state index in [1.165, 1.54) is 51.1 Å². The van der Waals surface area contributed by atoms with Gasteiger partial charge in [0.15, 0.2) is 4.34 Å². The van der Waals surface area contributed by atoms with Crippen LogP contribution < -0.4 is 10.6 Å². The van der Waals surface area contributed by atoms with Gasteiger partial charge in [0.1, 0.15) is 5.01 Å². The molecule has 0 atom stereocenters. The molecule has 32 heavy (non-hydrogen) atoms. The molecule has 0 aliphatic rings. The van der Waals surface area contributed by atoms with Gasteiger partial charge in [-0.15, -0.1) is 20.4 Å². The van der Waals surface area contributed by atoms with Gasteiger partial charge in [-0.25, -0.2) is 0 Å². The van der Waals surface area contributed by atoms with Crippen LogP contribution >= 0.6 is 34.4 Å². The summed E-state index contributed by atoms with van der Waals surface area (Å²) in [7, 11) is 0. The molecule has 4 aromatic rings. The van der Waals surface area contributed by atoms with Crippen LogP contribution in [0.1, 0.15) is 37.1 Å². The Hall–Kier alpha value is -2.82. The Labute approximate surface area is 198 Å². The number of amides is 1. The van der Waals surface area contributed by atoms with Crippen LogP contribution in [-0.2, 0) is 12.3 Å². The molecule has 2 aromatic carbocycles. The van der Waals surface area contributed by atoms with Crippen molar-refractivity contribution in [3.05, 3.63) is 74.7 Å². The van der Waals surface area contributed by atoms with Gasteiger partial charge < -0.3 is 10.6 Å². The zero-order chi connectivity index (χ0) is 22.5. The monoisotopic (exact) mass is 482 g/mol. The number of rotatable bonds is 8. The van der Waals surface area contributed by atoms with Gasteiger partial charge in [0.05, 0.1) is 5.75 Å². The highest BCUT2D eigenvalue weighted by Gasteiger charge is 2.14. The Bertz CT molecular complexity index is 1220. The summed E-state index contributed by atoms with van der Waals surface area (Å²) in [6.07, 6.45) is 0. The summed E-state index contributed by atoms with van der Waals surface area (Å²) in [5, 5.41) is 24.7. The molecule has 0 saturated heterocycles. The summed E-state index contributed by atoms with van der Waals surface area (Å²) < 4.78 is 0.830. The van der Waals surface area contributed by atoms with Crippen LogP contribution in [0.4, 0.5) is 10.8 Å². The molecule has 164 valence electrons. The Kier molecular flexibility index (Phi) is 7.13. The van der Waals surface area contributed by atoms with E-state index in [1.54, 1.807) is 0 Å². The normalized spacial score (nSPS) is 10.8. The summed E-state index contributed by atoms with van der Waals surface area (Å²) in [4.78, 5) is 12.4. The lowest BCUT2D eigenvalue weighted by Crippen LogP contribution is -2.22. The lowest BCUT2D eigenvalue weighted by molar-refractivity contribution is 0.0950. The molecule has 2 N–H and O–H groups in total. The number of nitrogens with zero attached hydrogens (tertiary/aromatic N) is 4. The Morgan fingerprint density at radius 1 is 0.938 bits per heavy atom. The SMILES string of the molecule is Cc1ccc(CNC(=O)c2nnc(CSc3nnc(Nc4ccc(C)c(C)c4)s3)s2)cc1. The molecule has 4 rings (SSSR count). The zero-order valence-corrected chi connectivity index (χ0v) is 20.3. The van der Waals surface area contributed by atoms with Crippen LogP contribution in [-0.4, -0.2) is 26.3 Å². The maximum atomic E-state index is 12.4. The molecular weight excluding hydrogens is 460 g/mol. The standard InChI is InChI=1S/C22H22N6OS3/c1-13-4-7-16(8-5-13)11-23-19(29)20-26-25-18(31-20)12-30-22-28-27-21(32-22)24-17-9-6-14(2)15(3)10-17/h4-10H,11-12H2,1-3H3,(H,23,29)(H,24,27). The summed E-state index contributed by atoms with van der Waals surface area (Å²) in [5.74, 6) is 0.372. The van der Waals surface area contributed by atoms with Crippen molar-refractivity contribution in [2.75, 3.05) is 5.32 Å². The topological polar surface area (TPSA) is 92.7 Å². The van der Waals surface area contributed by atoms with E-state index < -0.39 is 0 Å². The molecule has 0 radical (unpaired) electrons. The Morgan fingerprint density at radius 2 is 1.75 bits per heavy atom. The summed E-state index contributed by atoms with van der Waals surface area (Å²) >= 11 is 4.31. The first kappa shape index (κ1) is 22.4. The minimum atomic E-state index is -0.213. The molecule has 2 heterocycles. The first-order valence-corrected chi connectivity index (χ1v) is 12.5. The highest BCUT2D eigenvalue weighted by Crippen LogP contribution is 2.31. The van der Waals surface area contributed by atoms with Crippen LogP contribution in [0.15, 0.2) is 46.8 Å². The van der Waals surface area contributed by atoms with Crippen LogP contribution in [0, 0.1) is 20.8 Å². The predicted molar refractivity (Wildman–Crippen MR) is 131 cm³/mol. The summed E-state index contributed by atoms with van der Waals surface area (Å²) in [5.41, 5.74) is 5.71. The van der Waals surface area contributed by atoms with Crippen molar-refractivity contribution < 1.29 is 4.79 Å². The van der Waals surface area contributed by atoms with Gasteiger partial charge >= 0.3 is 0 Å². The Morgan fingerprint density at radius 3 is 2.53 bits per heavy atom. The smallest absolute Gasteiger partial charge is 0.282 e.